The van der Waals surface area contributed by atoms with Gasteiger partial charge in [0.25, 0.3) is 17.4 Å². The van der Waals surface area contributed by atoms with Gasteiger partial charge in [0, 0.05) is 40.8 Å². The average molecular weight is 651 g/mol. The van der Waals surface area contributed by atoms with E-state index in [1.807, 2.05) is 37.3 Å². The number of nitriles is 1. The van der Waals surface area contributed by atoms with E-state index >= 15 is 0 Å². The SMILES string of the molecule is CNC(=O)c1ccc(-n2c(=O)c3c(n4ncc(NCc5ccccc5)c24)CN(C(=O)c2ccc(Br)c(C#N)c2)[C@H](C)C3)cc1. The maximum absolute atomic E-state index is 14.3. The van der Waals surface area contributed by atoms with Crippen LogP contribution in [0.15, 0.2) is 88.3 Å². The summed E-state index contributed by atoms with van der Waals surface area (Å²) in [6.45, 7) is 2.58. The predicted octanol–water partition coefficient (Wildman–Crippen LogP) is 4.68. The Morgan fingerprint density at radius 2 is 1.80 bits per heavy atom. The summed E-state index contributed by atoms with van der Waals surface area (Å²) in [5.41, 5.74) is 5.04. The lowest BCUT2D eigenvalue weighted by molar-refractivity contribution is 0.0651. The maximum atomic E-state index is 14.3. The second-order valence-electron chi connectivity index (χ2n) is 10.6. The van der Waals surface area contributed by atoms with Gasteiger partial charge in [-0.25, -0.2) is 4.52 Å². The molecule has 3 aromatic carbocycles. The first-order valence-corrected chi connectivity index (χ1v) is 14.9. The highest BCUT2D eigenvalue weighted by atomic mass is 79.9. The second-order valence-corrected chi connectivity index (χ2v) is 11.5. The maximum Gasteiger partial charge on any atom is 0.261 e. The molecule has 3 heterocycles. The van der Waals surface area contributed by atoms with Crippen molar-refractivity contribution in [1.82, 2.24) is 24.4 Å². The van der Waals surface area contributed by atoms with Crippen molar-refractivity contribution >= 4 is 39.1 Å². The van der Waals surface area contributed by atoms with Crippen LogP contribution in [0.1, 0.15) is 50.0 Å². The molecule has 1 atom stereocenters. The molecular weight excluding hydrogens is 622 g/mol. The molecule has 0 saturated heterocycles. The van der Waals surface area contributed by atoms with Crippen LogP contribution in [-0.2, 0) is 19.5 Å². The average Bonchev–Trinajstić information content (AvgIpc) is 3.47. The standard InChI is InChI=1S/C33H28BrN7O3/c1-20-14-26-29(19-39(20)32(43)23-10-13-27(34)24(15-23)16-35)41-31(28(18-38-41)37-17-21-6-4-3-5-7-21)40(33(26)44)25-11-8-22(9-12-25)30(42)36-2/h3-13,15,18,20,37H,14,17,19H2,1-2H3,(H,36,42)/t20-/m1/s1. The summed E-state index contributed by atoms with van der Waals surface area (Å²) >= 11 is 3.35. The van der Waals surface area contributed by atoms with Gasteiger partial charge in [0.15, 0.2) is 5.65 Å². The fraction of sp³-hybridized carbons (Fsp3) is 0.182. The highest BCUT2D eigenvalue weighted by molar-refractivity contribution is 9.10. The first-order valence-electron chi connectivity index (χ1n) is 14.1. The summed E-state index contributed by atoms with van der Waals surface area (Å²) in [6, 6.07) is 23.5. The summed E-state index contributed by atoms with van der Waals surface area (Å²) in [5, 5.41) is 20.2. The first kappa shape index (κ1) is 28.9. The molecule has 2 N–H and O–H groups in total. The highest BCUT2D eigenvalue weighted by Gasteiger charge is 2.33. The number of hydrogen-bond acceptors (Lipinski definition) is 6. The van der Waals surface area contributed by atoms with Crippen molar-refractivity contribution in [2.45, 2.75) is 32.5 Å². The third-order valence-electron chi connectivity index (χ3n) is 7.91. The van der Waals surface area contributed by atoms with Gasteiger partial charge >= 0.3 is 0 Å². The Morgan fingerprint density at radius 3 is 2.50 bits per heavy atom. The van der Waals surface area contributed by atoms with Crippen LogP contribution in [0, 0.1) is 11.3 Å². The smallest absolute Gasteiger partial charge is 0.261 e. The lowest BCUT2D eigenvalue weighted by atomic mass is 9.98. The van der Waals surface area contributed by atoms with Gasteiger partial charge < -0.3 is 15.5 Å². The van der Waals surface area contributed by atoms with Gasteiger partial charge in [0.1, 0.15) is 6.07 Å². The third-order valence-corrected chi connectivity index (χ3v) is 8.60. The van der Waals surface area contributed by atoms with E-state index in [0.717, 1.165) is 5.56 Å². The Morgan fingerprint density at radius 1 is 1.07 bits per heavy atom. The predicted molar refractivity (Wildman–Crippen MR) is 170 cm³/mol. The van der Waals surface area contributed by atoms with Crippen LogP contribution in [0.25, 0.3) is 11.3 Å². The molecule has 0 aliphatic carbocycles. The second kappa shape index (κ2) is 11.8. The molecule has 220 valence electrons. The summed E-state index contributed by atoms with van der Waals surface area (Å²) in [7, 11) is 1.57. The van der Waals surface area contributed by atoms with E-state index in [2.05, 4.69) is 32.6 Å². The molecule has 2 aromatic heterocycles. The van der Waals surface area contributed by atoms with Crippen LogP contribution in [0.3, 0.4) is 0 Å². The van der Waals surface area contributed by atoms with Crippen molar-refractivity contribution in [1.29, 1.82) is 5.26 Å². The molecule has 1 aliphatic rings. The lowest BCUT2D eigenvalue weighted by Crippen LogP contribution is -2.46. The van der Waals surface area contributed by atoms with Crippen LogP contribution in [0.4, 0.5) is 5.69 Å². The number of aromatic nitrogens is 3. The van der Waals surface area contributed by atoms with Crippen LogP contribution >= 0.6 is 15.9 Å². The number of benzene rings is 3. The molecule has 11 heteroatoms. The van der Waals surface area contributed by atoms with E-state index in [1.165, 1.54) is 0 Å². The molecule has 10 nitrogen and oxygen atoms in total. The summed E-state index contributed by atoms with van der Waals surface area (Å²) in [5.74, 6) is -0.454. The quantitative estimate of drug-likeness (QED) is 0.275. The van der Waals surface area contributed by atoms with Crippen LogP contribution in [0.5, 0.6) is 0 Å². The van der Waals surface area contributed by atoms with Crippen molar-refractivity contribution in [3.63, 3.8) is 0 Å². The number of rotatable bonds is 6. The van der Waals surface area contributed by atoms with E-state index < -0.39 is 0 Å². The van der Waals surface area contributed by atoms with E-state index in [4.69, 9.17) is 5.10 Å². The van der Waals surface area contributed by atoms with Gasteiger partial charge in [0.05, 0.1) is 35.4 Å². The fourth-order valence-corrected chi connectivity index (χ4v) is 5.91. The summed E-state index contributed by atoms with van der Waals surface area (Å²) < 4.78 is 3.96. The third kappa shape index (κ3) is 5.14. The largest absolute Gasteiger partial charge is 0.377 e. The molecule has 0 spiro atoms. The number of carbonyl (C=O) groups is 2. The highest BCUT2D eigenvalue weighted by Crippen LogP contribution is 2.29. The molecule has 0 fully saturated rings. The number of amides is 2. The number of anilines is 1. The van der Waals surface area contributed by atoms with Crippen molar-refractivity contribution in [3.05, 3.63) is 127 Å². The number of halogens is 1. The van der Waals surface area contributed by atoms with Crippen LogP contribution in [0.2, 0.25) is 0 Å². The molecule has 0 unspecified atom stereocenters. The van der Waals surface area contributed by atoms with E-state index in [1.54, 1.807) is 69.7 Å². The molecular formula is C33H28BrN7O3. The summed E-state index contributed by atoms with van der Waals surface area (Å²) in [6.07, 6.45) is 2.01. The number of hydrogen-bond donors (Lipinski definition) is 2. The molecule has 0 saturated carbocycles. The zero-order valence-corrected chi connectivity index (χ0v) is 25.6. The molecule has 44 heavy (non-hydrogen) atoms. The molecule has 0 radical (unpaired) electrons. The lowest BCUT2D eigenvalue weighted by Gasteiger charge is -2.35. The number of nitrogens with zero attached hydrogens (tertiary/aromatic N) is 5. The number of carbonyl (C=O) groups excluding carboxylic acids is 2. The van der Waals surface area contributed by atoms with Crippen LogP contribution < -0.4 is 16.2 Å². The topological polar surface area (TPSA) is 125 Å². The Hall–Kier alpha value is -5.21. The van der Waals surface area contributed by atoms with E-state index in [-0.39, 0.29) is 30.0 Å². The summed E-state index contributed by atoms with van der Waals surface area (Å²) in [4.78, 5) is 41.9. The van der Waals surface area contributed by atoms with Crippen molar-refractivity contribution in [2.75, 3.05) is 12.4 Å². The van der Waals surface area contributed by atoms with E-state index in [0.29, 0.717) is 62.4 Å². The minimum atomic E-state index is -0.287. The molecule has 6 rings (SSSR count). The van der Waals surface area contributed by atoms with Crippen LogP contribution in [-0.4, -0.2) is 44.0 Å². The van der Waals surface area contributed by atoms with Gasteiger partial charge in [-0.2, -0.15) is 10.4 Å². The minimum absolute atomic E-state index is 0.162. The van der Waals surface area contributed by atoms with Gasteiger partial charge in [-0.05, 0) is 77.3 Å². The van der Waals surface area contributed by atoms with Gasteiger partial charge in [-0.3, -0.25) is 19.0 Å². The Labute approximate surface area is 261 Å². The molecule has 2 amide bonds. The first-order chi connectivity index (χ1) is 21.3. The Bertz CT molecular complexity index is 2010. The normalized spacial score (nSPS) is 14.1. The van der Waals surface area contributed by atoms with Gasteiger partial charge in [0.2, 0.25) is 0 Å². The number of nitrogens with one attached hydrogen (secondary N) is 2. The van der Waals surface area contributed by atoms with Crippen molar-refractivity contribution < 1.29 is 9.59 Å². The van der Waals surface area contributed by atoms with E-state index in [9.17, 15) is 19.6 Å². The zero-order chi connectivity index (χ0) is 31.0. The van der Waals surface area contributed by atoms with Crippen molar-refractivity contribution in [2.24, 2.45) is 0 Å². The Balaban J connectivity index is 1.47. The zero-order valence-electron chi connectivity index (χ0n) is 24.0. The minimum Gasteiger partial charge on any atom is -0.377 e. The fourth-order valence-electron chi connectivity index (χ4n) is 5.57. The Kier molecular flexibility index (Phi) is 7.76. The molecule has 1 aliphatic heterocycles. The molecule has 5 aromatic rings. The van der Waals surface area contributed by atoms with Crippen molar-refractivity contribution in [3.8, 4) is 11.8 Å². The van der Waals surface area contributed by atoms with Gasteiger partial charge in [-0.15, -0.1) is 0 Å². The van der Waals surface area contributed by atoms with Gasteiger partial charge in [-0.1, -0.05) is 30.3 Å². The molecule has 0 bridgehead atoms. The monoisotopic (exact) mass is 649 g/mol. The number of fused-ring (bicyclic) bond motifs is 3.